The maximum absolute atomic E-state index is 11.7. The smallest absolute Gasteiger partial charge is 0.422 e. The number of alkyl halides is 4. The van der Waals surface area contributed by atoms with Gasteiger partial charge in [-0.3, -0.25) is 0 Å². The van der Waals surface area contributed by atoms with Crippen molar-refractivity contribution in [1.82, 2.24) is 10.2 Å². The third kappa shape index (κ3) is 3.78. The summed E-state index contributed by atoms with van der Waals surface area (Å²) in [4.78, 5) is 0. The van der Waals surface area contributed by atoms with Crippen molar-refractivity contribution in [3.8, 4) is 5.88 Å². The Morgan fingerprint density at radius 3 is 2.43 bits per heavy atom. The number of rotatable bonds is 3. The minimum atomic E-state index is -4.37. The van der Waals surface area contributed by atoms with Gasteiger partial charge in [0.2, 0.25) is 5.88 Å². The Balaban J connectivity index is 2.52. The van der Waals surface area contributed by atoms with Crippen LogP contribution in [0.4, 0.5) is 13.2 Å². The SMILES string of the molecule is FC(F)(F)COc1ccc(CCl)nn1. The third-order valence-corrected chi connectivity index (χ3v) is 1.49. The van der Waals surface area contributed by atoms with Gasteiger partial charge in [0.25, 0.3) is 0 Å². The Hall–Kier alpha value is -1.04. The molecule has 0 N–H and O–H groups in total. The van der Waals surface area contributed by atoms with Crippen molar-refractivity contribution in [2.75, 3.05) is 6.61 Å². The lowest BCUT2D eigenvalue weighted by molar-refractivity contribution is -0.154. The van der Waals surface area contributed by atoms with E-state index in [0.717, 1.165) is 0 Å². The van der Waals surface area contributed by atoms with Gasteiger partial charge in [0.15, 0.2) is 6.61 Å². The molecule has 0 saturated heterocycles. The van der Waals surface area contributed by atoms with Gasteiger partial charge in [-0.2, -0.15) is 18.3 Å². The van der Waals surface area contributed by atoms with E-state index in [1.807, 2.05) is 0 Å². The Kier molecular flexibility index (Phi) is 3.51. The van der Waals surface area contributed by atoms with Gasteiger partial charge in [-0.15, -0.1) is 16.7 Å². The van der Waals surface area contributed by atoms with E-state index in [-0.39, 0.29) is 11.8 Å². The van der Waals surface area contributed by atoms with E-state index >= 15 is 0 Å². The van der Waals surface area contributed by atoms with Crippen LogP contribution in [0.15, 0.2) is 12.1 Å². The molecule has 78 valence electrons. The second kappa shape index (κ2) is 4.45. The molecule has 1 aromatic rings. The molecule has 0 aliphatic carbocycles. The summed E-state index contributed by atoms with van der Waals surface area (Å²) in [5.74, 6) is -0.0109. The van der Waals surface area contributed by atoms with Crippen LogP contribution in [0.5, 0.6) is 5.88 Å². The largest absolute Gasteiger partial charge is 0.467 e. The maximum Gasteiger partial charge on any atom is 0.422 e. The van der Waals surface area contributed by atoms with Gasteiger partial charge in [0, 0.05) is 6.07 Å². The molecule has 0 saturated carbocycles. The summed E-state index contributed by atoms with van der Waals surface area (Å²) >= 11 is 5.41. The van der Waals surface area contributed by atoms with Crippen molar-refractivity contribution >= 4 is 11.6 Å². The minimum Gasteiger partial charge on any atom is -0.467 e. The van der Waals surface area contributed by atoms with Crippen molar-refractivity contribution in [2.24, 2.45) is 0 Å². The van der Waals surface area contributed by atoms with Crippen LogP contribution < -0.4 is 4.74 Å². The number of halogens is 4. The van der Waals surface area contributed by atoms with Crippen LogP contribution in [0.1, 0.15) is 5.69 Å². The molecule has 0 bridgehead atoms. The zero-order chi connectivity index (χ0) is 10.6. The van der Waals surface area contributed by atoms with Crippen LogP contribution >= 0.6 is 11.6 Å². The lowest BCUT2D eigenvalue weighted by Crippen LogP contribution is -2.19. The highest BCUT2D eigenvalue weighted by atomic mass is 35.5. The third-order valence-electron chi connectivity index (χ3n) is 1.22. The van der Waals surface area contributed by atoms with Crippen LogP contribution in [0.3, 0.4) is 0 Å². The zero-order valence-electron chi connectivity index (χ0n) is 6.88. The predicted octanol–water partition coefficient (Wildman–Crippen LogP) is 2.16. The Labute approximate surface area is 82.8 Å². The standard InChI is InChI=1S/C7H6ClF3N2O/c8-3-5-1-2-6(13-12-5)14-4-7(9,10)11/h1-2H,3-4H2. The summed E-state index contributed by atoms with van der Waals surface area (Å²) in [6, 6.07) is 2.74. The quantitative estimate of drug-likeness (QED) is 0.741. The van der Waals surface area contributed by atoms with Crippen molar-refractivity contribution in [3.05, 3.63) is 17.8 Å². The lowest BCUT2D eigenvalue weighted by Gasteiger charge is -2.07. The molecule has 14 heavy (non-hydrogen) atoms. The topological polar surface area (TPSA) is 35.0 Å². The number of hydrogen-bond acceptors (Lipinski definition) is 3. The van der Waals surface area contributed by atoms with Gasteiger partial charge in [0.1, 0.15) is 0 Å². The summed E-state index contributed by atoms with van der Waals surface area (Å²) in [5, 5.41) is 6.92. The first kappa shape index (κ1) is 11.0. The lowest BCUT2D eigenvalue weighted by atomic mass is 10.4. The van der Waals surface area contributed by atoms with E-state index in [2.05, 4.69) is 14.9 Å². The van der Waals surface area contributed by atoms with Gasteiger partial charge < -0.3 is 4.74 Å². The molecule has 0 fully saturated rings. The molecule has 0 spiro atoms. The Morgan fingerprint density at radius 1 is 1.29 bits per heavy atom. The van der Waals surface area contributed by atoms with E-state index in [1.54, 1.807) is 0 Å². The van der Waals surface area contributed by atoms with Gasteiger partial charge in [0.05, 0.1) is 11.6 Å². The molecular weight excluding hydrogens is 221 g/mol. The van der Waals surface area contributed by atoms with E-state index < -0.39 is 12.8 Å². The molecule has 1 heterocycles. The molecule has 0 aliphatic heterocycles. The minimum absolute atomic E-state index is 0.159. The highest BCUT2D eigenvalue weighted by molar-refractivity contribution is 6.16. The first-order valence-corrected chi connectivity index (χ1v) is 4.13. The molecule has 0 aliphatic rings. The van der Waals surface area contributed by atoms with Gasteiger partial charge >= 0.3 is 6.18 Å². The summed E-state index contributed by atoms with van der Waals surface area (Å²) in [6.45, 7) is -1.37. The summed E-state index contributed by atoms with van der Waals surface area (Å²) < 4.78 is 39.4. The normalized spacial score (nSPS) is 11.4. The summed E-state index contributed by atoms with van der Waals surface area (Å²) in [7, 11) is 0. The molecule has 0 atom stereocenters. The van der Waals surface area contributed by atoms with Crippen molar-refractivity contribution < 1.29 is 17.9 Å². The van der Waals surface area contributed by atoms with Crippen LogP contribution in [0.2, 0.25) is 0 Å². The average molecular weight is 227 g/mol. The first-order valence-electron chi connectivity index (χ1n) is 3.59. The average Bonchev–Trinajstić information content (AvgIpc) is 2.14. The second-order valence-corrected chi connectivity index (χ2v) is 2.67. The van der Waals surface area contributed by atoms with Crippen molar-refractivity contribution in [2.45, 2.75) is 12.1 Å². The zero-order valence-corrected chi connectivity index (χ0v) is 7.64. The number of nitrogens with zero attached hydrogens (tertiary/aromatic N) is 2. The van der Waals surface area contributed by atoms with E-state index in [1.165, 1.54) is 12.1 Å². The highest BCUT2D eigenvalue weighted by Crippen LogP contribution is 2.16. The number of aromatic nitrogens is 2. The van der Waals surface area contributed by atoms with Gasteiger partial charge in [-0.05, 0) is 6.07 Å². The van der Waals surface area contributed by atoms with Gasteiger partial charge in [-0.1, -0.05) is 0 Å². The van der Waals surface area contributed by atoms with E-state index in [4.69, 9.17) is 11.6 Å². The Bertz CT molecular complexity index is 288. The van der Waals surface area contributed by atoms with Crippen molar-refractivity contribution in [3.63, 3.8) is 0 Å². The molecule has 0 unspecified atom stereocenters. The molecule has 3 nitrogen and oxygen atoms in total. The fourth-order valence-electron chi connectivity index (χ4n) is 0.652. The number of ether oxygens (including phenoxy) is 1. The molecule has 0 aromatic carbocycles. The van der Waals surface area contributed by atoms with Crippen LogP contribution in [-0.2, 0) is 5.88 Å². The molecule has 1 rings (SSSR count). The van der Waals surface area contributed by atoms with Crippen LogP contribution in [-0.4, -0.2) is 23.0 Å². The van der Waals surface area contributed by atoms with E-state index in [0.29, 0.717) is 5.69 Å². The van der Waals surface area contributed by atoms with E-state index in [9.17, 15) is 13.2 Å². The number of hydrogen-bond donors (Lipinski definition) is 0. The molecule has 0 radical (unpaired) electrons. The fraction of sp³-hybridized carbons (Fsp3) is 0.429. The molecule has 7 heteroatoms. The van der Waals surface area contributed by atoms with Crippen LogP contribution in [0, 0.1) is 0 Å². The summed E-state index contributed by atoms with van der Waals surface area (Å²) in [5.41, 5.74) is 0.478. The molecule has 1 aromatic heterocycles. The Morgan fingerprint density at radius 2 is 2.00 bits per heavy atom. The highest BCUT2D eigenvalue weighted by Gasteiger charge is 2.28. The summed E-state index contributed by atoms with van der Waals surface area (Å²) in [6.07, 6.45) is -4.37. The van der Waals surface area contributed by atoms with Crippen LogP contribution in [0.25, 0.3) is 0 Å². The monoisotopic (exact) mass is 226 g/mol. The maximum atomic E-state index is 11.7. The van der Waals surface area contributed by atoms with Gasteiger partial charge in [-0.25, -0.2) is 0 Å². The first-order chi connectivity index (χ1) is 6.51. The van der Waals surface area contributed by atoms with Crippen molar-refractivity contribution in [1.29, 1.82) is 0 Å². The molecule has 0 amide bonds. The molecular formula is C7H6ClF3N2O. The second-order valence-electron chi connectivity index (χ2n) is 2.40. The fourth-order valence-corrected chi connectivity index (χ4v) is 0.794. The predicted molar refractivity (Wildman–Crippen MR) is 43.1 cm³/mol.